The third-order valence-electron chi connectivity index (χ3n) is 7.33. The van der Waals surface area contributed by atoms with Gasteiger partial charge >= 0.3 is 24.5 Å². The smallest absolute Gasteiger partial charge is 0.416 e. The van der Waals surface area contributed by atoms with Gasteiger partial charge in [0.25, 0.3) is 5.95 Å². The molecule has 1 aliphatic rings. The lowest BCUT2D eigenvalue weighted by Gasteiger charge is -2.33. The lowest BCUT2D eigenvalue weighted by atomic mass is 9.94. The first-order chi connectivity index (χ1) is 20.3. The number of aliphatic carboxylic acids is 1. The van der Waals surface area contributed by atoms with E-state index in [-0.39, 0.29) is 54.8 Å². The summed E-state index contributed by atoms with van der Waals surface area (Å²) < 4.78 is 124. The number of carboxylic acid groups (broad SMARTS) is 1. The molecule has 0 bridgehead atoms. The van der Waals surface area contributed by atoms with Gasteiger partial charge in [-0.25, -0.2) is 0 Å². The van der Waals surface area contributed by atoms with E-state index in [0.29, 0.717) is 12.1 Å². The van der Waals surface area contributed by atoms with Crippen LogP contribution in [0.3, 0.4) is 0 Å². The zero-order chi connectivity index (χ0) is 32.8. The van der Waals surface area contributed by atoms with Gasteiger partial charge in [0.1, 0.15) is 0 Å². The lowest BCUT2D eigenvalue weighted by Crippen LogP contribution is -2.33. The standard InChI is InChI=1S/C27H27F9N6O2/c1-14-7-19-21(5-4-6-41(12-15(2)23(43)44)22(19)11-20(14)27(34,35)36)42(24-37-39-40(3)38-24)13-16-8-17(25(28,29)30)10-18(9-16)26(31,32)33/h7-11,15,21H,4-6,12-13H2,1-3H3,(H,43,44)/t15-,21?/m0/s1. The number of anilines is 2. The molecular weight excluding hydrogens is 611 g/mol. The minimum Gasteiger partial charge on any atom is -0.481 e. The van der Waals surface area contributed by atoms with E-state index in [9.17, 15) is 49.4 Å². The number of aromatic nitrogens is 4. The van der Waals surface area contributed by atoms with Crippen molar-refractivity contribution in [2.75, 3.05) is 22.9 Å². The number of nitrogens with zero attached hydrogens (tertiary/aromatic N) is 6. The van der Waals surface area contributed by atoms with Crippen LogP contribution < -0.4 is 9.80 Å². The summed E-state index contributed by atoms with van der Waals surface area (Å²) in [6, 6.07) is 2.34. The van der Waals surface area contributed by atoms with Crippen molar-refractivity contribution >= 4 is 17.6 Å². The number of rotatable bonds is 7. The Bertz CT molecular complexity index is 1480. The van der Waals surface area contributed by atoms with Gasteiger partial charge in [-0.1, -0.05) is 18.1 Å². The van der Waals surface area contributed by atoms with Crippen LogP contribution in [0, 0.1) is 12.8 Å². The zero-order valence-corrected chi connectivity index (χ0v) is 23.5. The molecule has 2 heterocycles. The van der Waals surface area contributed by atoms with Crippen molar-refractivity contribution in [1.29, 1.82) is 0 Å². The zero-order valence-electron chi connectivity index (χ0n) is 23.5. The number of alkyl halides is 9. The summed E-state index contributed by atoms with van der Waals surface area (Å²) in [5, 5.41) is 21.2. The first-order valence-electron chi connectivity index (χ1n) is 13.2. The maximum absolute atomic E-state index is 14.0. The van der Waals surface area contributed by atoms with Crippen molar-refractivity contribution in [2.45, 2.75) is 57.8 Å². The van der Waals surface area contributed by atoms with Crippen LogP contribution in [-0.4, -0.2) is 44.4 Å². The highest BCUT2D eigenvalue weighted by Crippen LogP contribution is 2.44. The molecule has 0 saturated carbocycles. The fourth-order valence-corrected chi connectivity index (χ4v) is 5.26. The van der Waals surface area contributed by atoms with Gasteiger partial charge < -0.3 is 14.9 Å². The molecule has 4 rings (SSSR count). The predicted octanol–water partition coefficient (Wildman–Crippen LogP) is 6.64. The number of tetrazole rings is 1. The second-order valence-corrected chi connectivity index (χ2v) is 10.7. The van der Waals surface area contributed by atoms with E-state index in [2.05, 4.69) is 15.4 Å². The highest BCUT2D eigenvalue weighted by atomic mass is 19.4. The summed E-state index contributed by atoms with van der Waals surface area (Å²) in [4.78, 5) is 15.4. The molecule has 1 aromatic heterocycles. The topological polar surface area (TPSA) is 87.4 Å². The minimum atomic E-state index is -5.10. The molecule has 3 aromatic rings. The third-order valence-corrected chi connectivity index (χ3v) is 7.33. The first-order valence-corrected chi connectivity index (χ1v) is 13.2. The van der Waals surface area contributed by atoms with E-state index in [1.807, 2.05) is 0 Å². The van der Waals surface area contributed by atoms with Gasteiger partial charge in [0, 0.05) is 25.3 Å². The molecule has 0 amide bonds. The van der Waals surface area contributed by atoms with Crippen LogP contribution in [0.2, 0.25) is 0 Å². The number of fused-ring (bicyclic) bond motifs is 1. The average molecular weight is 639 g/mol. The van der Waals surface area contributed by atoms with Gasteiger partial charge in [0.05, 0.1) is 35.7 Å². The Morgan fingerprint density at radius 2 is 1.61 bits per heavy atom. The summed E-state index contributed by atoms with van der Waals surface area (Å²) in [5.74, 6) is -2.33. The van der Waals surface area contributed by atoms with Crippen LogP contribution in [0.15, 0.2) is 30.3 Å². The molecule has 0 aliphatic carbocycles. The molecular formula is C27H27F9N6O2. The van der Waals surface area contributed by atoms with E-state index in [1.54, 1.807) is 0 Å². The molecule has 0 fully saturated rings. The molecule has 0 spiro atoms. The third kappa shape index (κ3) is 7.18. The molecule has 0 radical (unpaired) electrons. The van der Waals surface area contributed by atoms with Gasteiger partial charge in [0.15, 0.2) is 0 Å². The molecule has 240 valence electrons. The van der Waals surface area contributed by atoms with E-state index >= 15 is 0 Å². The van der Waals surface area contributed by atoms with Gasteiger partial charge in [0.2, 0.25) is 0 Å². The second kappa shape index (κ2) is 11.8. The van der Waals surface area contributed by atoms with Crippen molar-refractivity contribution in [3.8, 4) is 0 Å². The molecule has 1 N–H and O–H groups in total. The largest absolute Gasteiger partial charge is 0.481 e. The predicted molar refractivity (Wildman–Crippen MR) is 139 cm³/mol. The quantitative estimate of drug-likeness (QED) is 0.290. The van der Waals surface area contributed by atoms with Crippen molar-refractivity contribution < 1.29 is 49.4 Å². The van der Waals surface area contributed by atoms with E-state index < -0.39 is 65.3 Å². The van der Waals surface area contributed by atoms with Crippen LogP contribution in [0.1, 0.15) is 59.2 Å². The van der Waals surface area contributed by atoms with Crippen LogP contribution in [-0.2, 0) is 36.9 Å². The fourth-order valence-electron chi connectivity index (χ4n) is 5.26. The Labute approximate surface area is 245 Å². The number of hydrogen-bond acceptors (Lipinski definition) is 6. The average Bonchev–Trinajstić information content (AvgIpc) is 3.25. The van der Waals surface area contributed by atoms with E-state index in [0.717, 1.165) is 10.9 Å². The summed E-state index contributed by atoms with van der Waals surface area (Å²) in [7, 11) is 1.39. The number of aryl methyl sites for hydroxylation is 2. The first kappa shape index (κ1) is 32.9. The van der Waals surface area contributed by atoms with Crippen LogP contribution >= 0.6 is 0 Å². The van der Waals surface area contributed by atoms with Gasteiger partial charge in [-0.2, -0.15) is 44.3 Å². The number of carbonyl (C=O) groups is 1. The van der Waals surface area contributed by atoms with Crippen molar-refractivity contribution in [3.63, 3.8) is 0 Å². The van der Waals surface area contributed by atoms with Gasteiger partial charge in [-0.3, -0.25) is 4.79 Å². The van der Waals surface area contributed by atoms with Crippen molar-refractivity contribution in [3.05, 3.63) is 63.7 Å². The van der Waals surface area contributed by atoms with E-state index in [4.69, 9.17) is 0 Å². The number of carboxylic acids is 1. The highest BCUT2D eigenvalue weighted by molar-refractivity contribution is 5.71. The molecule has 0 saturated heterocycles. The molecule has 8 nitrogen and oxygen atoms in total. The maximum atomic E-state index is 14.0. The normalized spacial score (nSPS) is 16.8. The Kier molecular flexibility index (Phi) is 8.81. The summed E-state index contributed by atoms with van der Waals surface area (Å²) in [6.45, 7) is 2.01. The molecule has 44 heavy (non-hydrogen) atoms. The highest BCUT2D eigenvalue weighted by Gasteiger charge is 2.39. The van der Waals surface area contributed by atoms with Crippen LogP contribution in [0.25, 0.3) is 0 Å². The Hall–Kier alpha value is -4.05. The molecule has 1 aliphatic heterocycles. The second-order valence-electron chi connectivity index (χ2n) is 10.7. The van der Waals surface area contributed by atoms with E-state index in [1.165, 1.54) is 36.8 Å². The van der Waals surface area contributed by atoms with Crippen molar-refractivity contribution in [2.24, 2.45) is 13.0 Å². The monoisotopic (exact) mass is 638 g/mol. The molecule has 17 heteroatoms. The molecule has 2 atom stereocenters. The van der Waals surface area contributed by atoms with Gasteiger partial charge in [-0.05, 0) is 65.9 Å². The Balaban J connectivity index is 1.91. The van der Waals surface area contributed by atoms with Crippen LogP contribution in [0.4, 0.5) is 51.1 Å². The number of benzene rings is 2. The summed E-state index contributed by atoms with van der Waals surface area (Å²) >= 11 is 0. The summed E-state index contributed by atoms with van der Waals surface area (Å²) in [5.41, 5.74) is -4.33. The maximum Gasteiger partial charge on any atom is 0.416 e. The minimum absolute atomic E-state index is 0.00111. The number of halogens is 9. The van der Waals surface area contributed by atoms with Crippen LogP contribution in [0.5, 0.6) is 0 Å². The molecule has 2 aromatic carbocycles. The fraction of sp³-hybridized carbons (Fsp3) is 0.481. The Morgan fingerprint density at radius 3 is 2.11 bits per heavy atom. The summed E-state index contributed by atoms with van der Waals surface area (Å²) in [6.07, 6.45) is -14.5. The molecule has 1 unspecified atom stereocenters. The number of hydrogen-bond donors (Lipinski definition) is 1. The SMILES string of the molecule is Cc1cc2c(cc1C(F)(F)F)N(C[C@H](C)C(=O)O)CCCC2N(Cc1cc(C(F)(F)F)cc(C(F)(F)F)c1)c1nnn(C)n1. The Morgan fingerprint density at radius 1 is 1.00 bits per heavy atom. The van der Waals surface area contributed by atoms with Gasteiger partial charge in [-0.15, -0.1) is 5.10 Å². The van der Waals surface area contributed by atoms with Crippen molar-refractivity contribution in [1.82, 2.24) is 20.2 Å². The lowest BCUT2D eigenvalue weighted by molar-refractivity contribution is -0.143.